The van der Waals surface area contributed by atoms with Crippen LogP contribution in [0.1, 0.15) is 63.2 Å². The number of carbonyl (C=O) groups excluding carboxylic acids is 2. The van der Waals surface area contributed by atoms with Crippen LogP contribution in [0.25, 0.3) is 11.1 Å². The van der Waals surface area contributed by atoms with Crippen molar-refractivity contribution in [3.8, 4) is 11.1 Å². The number of likely N-dealkylation sites (tertiary alicyclic amines) is 1. The molecule has 8 nitrogen and oxygen atoms in total. The van der Waals surface area contributed by atoms with Gasteiger partial charge in [0.1, 0.15) is 5.82 Å². The maximum Gasteiger partial charge on any atom is 0.251 e. The van der Waals surface area contributed by atoms with E-state index >= 15 is 0 Å². The molecule has 2 fully saturated rings. The highest BCUT2D eigenvalue weighted by molar-refractivity contribution is 5.96. The Hall–Kier alpha value is -4.56. The lowest BCUT2D eigenvalue weighted by molar-refractivity contribution is 0.0906. The fourth-order valence-electron chi connectivity index (χ4n) is 6.27. The first kappa shape index (κ1) is 30.5. The smallest absolute Gasteiger partial charge is 0.251 e. The maximum atomic E-state index is 13.1. The van der Waals surface area contributed by atoms with Crippen molar-refractivity contribution in [3.63, 3.8) is 0 Å². The summed E-state index contributed by atoms with van der Waals surface area (Å²) in [7, 11) is 0. The van der Waals surface area contributed by atoms with Crippen LogP contribution in [-0.2, 0) is 6.54 Å². The highest BCUT2D eigenvalue weighted by Gasteiger charge is 2.24. The number of pyridine rings is 2. The zero-order valence-electron chi connectivity index (χ0n) is 26.2. The molecule has 0 atom stereocenters. The number of hydrogen-bond acceptors (Lipinski definition) is 6. The molecule has 0 unspecified atom stereocenters. The molecule has 45 heavy (non-hydrogen) atoms. The standard InChI is InChI=1S/C37H42N6O2/c1-26-8-11-30(22-34(26)31-12-9-27(2)38-24-31)37(45)41-32-14-18-42(19-15-32)25-28-10-13-35(39-23-28)43-20-16-33(17-21-43)40-36(44)29-6-4-3-5-7-29/h3-13,22-24,32-33H,14-21,25H2,1-2H3,(H,40,44)(H,41,45). The molecule has 2 aliphatic heterocycles. The highest BCUT2D eigenvalue weighted by atomic mass is 16.2. The summed E-state index contributed by atoms with van der Waals surface area (Å²) in [6.45, 7) is 8.51. The lowest BCUT2D eigenvalue weighted by Crippen LogP contribution is -2.45. The van der Waals surface area contributed by atoms with E-state index in [-0.39, 0.29) is 23.9 Å². The first-order valence-corrected chi connectivity index (χ1v) is 16.0. The van der Waals surface area contributed by atoms with Crippen LogP contribution in [0.15, 0.2) is 85.2 Å². The van der Waals surface area contributed by atoms with Gasteiger partial charge in [0, 0.05) is 79.6 Å². The quantitative estimate of drug-likeness (QED) is 0.275. The third-order valence-corrected chi connectivity index (χ3v) is 9.05. The topological polar surface area (TPSA) is 90.5 Å². The molecule has 4 heterocycles. The first-order valence-electron chi connectivity index (χ1n) is 16.0. The minimum absolute atomic E-state index is 0.000331. The minimum Gasteiger partial charge on any atom is -0.356 e. The molecule has 2 aromatic heterocycles. The van der Waals surface area contributed by atoms with Crippen molar-refractivity contribution in [3.05, 3.63) is 113 Å². The number of hydrogen-bond donors (Lipinski definition) is 2. The highest BCUT2D eigenvalue weighted by Crippen LogP contribution is 2.25. The van der Waals surface area contributed by atoms with Crippen molar-refractivity contribution in [1.82, 2.24) is 25.5 Å². The van der Waals surface area contributed by atoms with Gasteiger partial charge in [-0.1, -0.05) is 36.4 Å². The van der Waals surface area contributed by atoms with Gasteiger partial charge in [0.15, 0.2) is 0 Å². The Kier molecular flexibility index (Phi) is 9.50. The van der Waals surface area contributed by atoms with Gasteiger partial charge in [-0.25, -0.2) is 4.98 Å². The number of carbonyl (C=O) groups is 2. The molecule has 0 bridgehead atoms. The summed E-state index contributed by atoms with van der Waals surface area (Å²) < 4.78 is 0. The van der Waals surface area contributed by atoms with Crippen LogP contribution in [0.2, 0.25) is 0 Å². The molecular weight excluding hydrogens is 560 g/mol. The number of benzene rings is 2. The molecule has 232 valence electrons. The van der Waals surface area contributed by atoms with Crippen LogP contribution in [0.4, 0.5) is 5.82 Å². The van der Waals surface area contributed by atoms with Gasteiger partial charge in [0.2, 0.25) is 0 Å². The van der Waals surface area contributed by atoms with Gasteiger partial charge in [0.05, 0.1) is 0 Å². The lowest BCUT2D eigenvalue weighted by Gasteiger charge is -2.34. The van der Waals surface area contributed by atoms with Gasteiger partial charge in [-0.05, 0) is 92.6 Å². The average Bonchev–Trinajstić information content (AvgIpc) is 3.07. The Bertz CT molecular complexity index is 1590. The monoisotopic (exact) mass is 602 g/mol. The zero-order chi connectivity index (χ0) is 31.2. The third kappa shape index (κ3) is 7.75. The largest absolute Gasteiger partial charge is 0.356 e. The van der Waals surface area contributed by atoms with Gasteiger partial charge in [0.25, 0.3) is 11.8 Å². The van der Waals surface area contributed by atoms with Crippen molar-refractivity contribution in [1.29, 1.82) is 0 Å². The lowest BCUT2D eigenvalue weighted by atomic mass is 9.98. The van der Waals surface area contributed by atoms with Crippen molar-refractivity contribution < 1.29 is 9.59 Å². The first-order chi connectivity index (χ1) is 21.9. The number of nitrogens with zero attached hydrogens (tertiary/aromatic N) is 4. The average molecular weight is 603 g/mol. The summed E-state index contributed by atoms with van der Waals surface area (Å²) >= 11 is 0. The van der Waals surface area contributed by atoms with Crippen LogP contribution in [-0.4, -0.2) is 64.9 Å². The summed E-state index contributed by atoms with van der Waals surface area (Å²) in [5.74, 6) is 0.975. The zero-order valence-corrected chi connectivity index (χ0v) is 26.2. The Morgan fingerprint density at radius 1 is 0.733 bits per heavy atom. The molecule has 2 amide bonds. The van der Waals surface area contributed by atoms with E-state index in [1.165, 1.54) is 5.56 Å². The van der Waals surface area contributed by atoms with Crippen molar-refractivity contribution >= 4 is 17.6 Å². The molecule has 2 aliphatic rings. The Morgan fingerprint density at radius 2 is 1.42 bits per heavy atom. The third-order valence-electron chi connectivity index (χ3n) is 9.05. The predicted molar refractivity (Wildman–Crippen MR) is 178 cm³/mol. The van der Waals surface area contributed by atoms with E-state index in [9.17, 15) is 9.59 Å². The Morgan fingerprint density at radius 3 is 2.07 bits per heavy atom. The van der Waals surface area contributed by atoms with E-state index in [0.29, 0.717) is 11.1 Å². The summed E-state index contributed by atoms with van der Waals surface area (Å²) in [6.07, 6.45) is 7.52. The molecule has 0 saturated carbocycles. The van der Waals surface area contributed by atoms with Crippen LogP contribution >= 0.6 is 0 Å². The fraction of sp³-hybridized carbons (Fsp3) is 0.351. The summed E-state index contributed by atoms with van der Waals surface area (Å²) in [6, 6.07) is 24.0. The maximum absolute atomic E-state index is 13.1. The number of anilines is 1. The van der Waals surface area contributed by atoms with Crippen LogP contribution < -0.4 is 15.5 Å². The van der Waals surface area contributed by atoms with Crippen LogP contribution in [0, 0.1) is 13.8 Å². The summed E-state index contributed by atoms with van der Waals surface area (Å²) in [5.41, 5.74) is 6.76. The molecule has 6 rings (SSSR count). The molecule has 8 heteroatoms. The number of aromatic nitrogens is 2. The van der Waals surface area contributed by atoms with Crippen molar-refractivity contribution in [2.75, 3.05) is 31.1 Å². The molecular formula is C37H42N6O2. The molecule has 2 saturated heterocycles. The summed E-state index contributed by atoms with van der Waals surface area (Å²) in [4.78, 5) is 39.6. The number of rotatable bonds is 8. The number of piperidine rings is 2. The molecule has 2 N–H and O–H groups in total. The van der Waals surface area contributed by atoms with Gasteiger partial charge in [-0.3, -0.25) is 19.5 Å². The molecule has 2 aromatic carbocycles. The minimum atomic E-state index is -0.0165. The van der Waals surface area contributed by atoms with Crippen LogP contribution in [0.3, 0.4) is 0 Å². The van der Waals surface area contributed by atoms with E-state index in [0.717, 1.165) is 86.6 Å². The molecule has 0 radical (unpaired) electrons. The van der Waals surface area contributed by atoms with Crippen molar-refractivity contribution in [2.24, 2.45) is 0 Å². The van der Waals surface area contributed by atoms with Gasteiger partial charge in [-0.2, -0.15) is 0 Å². The number of amides is 2. The fourth-order valence-corrected chi connectivity index (χ4v) is 6.27. The number of aryl methyl sites for hydroxylation is 2. The summed E-state index contributed by atoms with van der Waals surface area (Å²) in [5, 5.41) is 6.45. The second-order valence-electron chi connectivity index (χ2n) is 12.4. The molecule has 0 aliphatic carbocycles. The second-order valence-corrected chi connectivity index (χ2v) is 12.4. The van der Waals surface area contributed by atoms with E-state index in [1.54, 1.807) is 0 Å². The van der Waals surface area contributed by atoms with E-state index in [4.69, 9.17) is 4.98 Å². The molecule has 0 spiro atoms. The second kappa shape index (κ2) is 14.0. The van der Waals surface area contributed by atoms with E-state index < -0.39 is 0 Å². The van der Waals surface area contributed by atoms with Gasteiger partial charge >= 0.3 is 0 Å². The van der Waals surface area contributed by atoms with E-state index in [2.05, 4.69) is 50.5 Å². The SMILES string of the molecule is Cc1ccc(-c2cc(C(=O)NC3CCN(Cc4ccc(N5CCC(NC(=O)c6ccccc6)CC5)nc4)CC3)ccc2C)cn1. The van der Waals surface area contributed by atoms with Crippen LogP contribution in [0.5, 0.6) is 0 Å². The predicted octanol–water partition coefficient (Wildman–Crippen LogP) is 5.55. The van der Waals surface area contributed by atoms with Gasteiger partial charge < -0.3 is 15.5 Å². The molecule has 4 aromatic rings. The van der Waals surface area contributed by atoms with Gasteiger partial charge in [-0.15, -0.1) is 0 Å². The normalized spacial score (nSPS) is 16.4. The van der Waals surface area contributed by atoms with E-state index in [1.807, 2.05) is 73.9 Å². The Balaban J connectivity index is 0.943. The van der Waals surface area contributed by atoms with Crippen molar-refractivity contribution in [2.45, 2.75) is 58.2 Å². The number of nitrogens with one attached hydrogen (secondary N) is 2. The Labute approximate surface area is 265 Å².